The van der Waals surface area contributed by atoms with Crippen LogP contribution in [0.3, 0.4) is 0 Å². The van der Waals surface area contributed by atoms with E-state index in [-0.39, 0.29) is 11.8 Å². The summed E-state index contributed by atoms with van der Waals surface area (Å²) in [6.45, 7) is 1.93. The number of benzene rings is 1. The van der Waals surface area contributed by atoms with Crippen LogP contribution in [0, 0.1) is 24.7 Å². The molecule has 2 saturated carbocycles. The summed E-state index contributed by atoms with van der Waals surface area (Å²) in [5.41, 5.74) is 2.92. The molecule has 2 bridgehead atoms. The van der Waals surface area contributed by atoms with Crippen molar-refractivity contribution in [3.63, 3.8) is 0 Å². The molecule has 2 aliphatic carbocycles. The number of carbonyl (C=O) groups excluding carboxylic acids is 2. The smallest absolute Gasteiger partial charge is 0.255 e. The van der Waals surface area contributed by atoms with Gasteiger partial charge in [0.25, 0.3) is 5.91 Å². The Labute approximate surface area is 159 Å². The predicted molar refractivity (Wildman–Crippen MR) is 106 cm³/mol. The Morgan fingerprint density at radius 2 is 1.89 bits per heavy atom. The fraction of sp³-hybridized carbons (Fsp3) is 0.409. The van der Waals surface area contributed by atoms with Crippen LogP contribution in [0.25, 0.3) is 0 Å². The molecule has 0 spiro atoms. The Bertz CT molecular complexity index is 850. The lowest BCUT2D eigenvalue weighted by atomic mass is 9.86. The SMILES string of the molecule is Cc1ccc(NC(=O)C[C@@H]2C[C@H]3CC[C@H]2C3)cc1NC(=O)c1ccncc1. The second-order valence-corrected chi connectivity index (χ2v) is 7.91. The van der Waals surface area contributed by atoms with Gasteiger partial charge in [0.15, 0.2) is 0 Å². The summed E-state index contributed by atoms with van der Waals surface area (Å²) in [5.74, 6) is 2.02. The van der Waals surface area contributed by atoms with E-state index in [1.165, 1.54) is 25.7 Å². The first-order valence-electron chi connectivity index (χ1n) is 9.70. The van der Waals surface area contributed by atoms with Crippen molar-refractivity contribution in [2.45, 2.75) is 39.0 Å². The highest BCUT2D eigenvalue weighted by Crippen LogP contribution is 2.49. The van der Waals surface area contributed by atoms with Crippen LogP contribution in [-0.2, 0) is 4.79 Å². The third-order valence-electron chi connectivity index (χ3n) is 6.04. The number of pyridine rings is 1. The van der Waals surface area contributed by atoms with Gasteiger partial charge in [-0.2, -0.15) is 0 Å². The quantitative estimate of drug-likeness (QED) is 0.827. The minimum absolute atomic E-state index is 0.0720. The van der Waals surface area contributed by atoms with Gasteiger partial charge in [-0.3, -0.25) is 14.6 Å². The van der Waals surface area contributed by atoms with E-state index in [9.17, 15) is 9.59 Å². The molecule has 2 aliphatic rings. The first-order chi connectivity index (χ1) is 13.1. The molecule has 2 aromatic rings. The lowest BCUT2D eigenvalue weighted by Crippen LogP contribution is -2.20. The van der Waals surface area contributed by atoms with Gasteiger partial charge in [-0.05, 0) is 73.8 Å². The van der Waals surface area contributed by atoms with Crippen molar-refractivity contribution < 1.29 is 9.59 Å². The zero-order valence-corrected chi connectivity index (χ0v) is 15.6. The summed E-state index contributed by atoms with van der Waals surface area (Å²) in [5, 5.41) is 5.93. The lowest BCUT2D eigenvalue weighted by molar-refractivity contribution is -0.117. The van der Waals surface area contributed by atoms with Gasteiger partial charge in [-0.1, -0.05) is 12.5 Å². The number of nitrogens with zero attached hydrogens (tertiary/aromatic N) is 1. The summed E-state index contributed by atoms with van der Waals surface area (Å²) in [7, 11) is 0. The molecule has 0 aliphatic heterocycles. The van der Waals surface area contributed by atoms with E-state index in [1.807, 2.05) is 25.1 Å². The number of carbonyl (C=O) groups is 2. The molecule has 2 fully saturated rings. The van der Waals surface area contributed by atoms with Crippen LogP contribution in [0.15, 0.2) is 42.7 Å². The van der Waals surface area contributed by atoms with E-state index in [2.05, 4.69) is 15.6 Å². The van der Waals surface area contributed by atoms with Crippen LogP contribution < -0.4 is 10.6 Å². The molecule has 2 amide bonds. The van der Waals surface area contributed by atoms with E-state index in [0.717, 1.165) is 23.1 Å². The monoisotopic (exact) mass is 363 g/mol. The van der Waals surface area contributed by atoms with E-state index in [1.54, 1.807) is 24.5 Å². The fourth-order valence-electron chi connectivity index (χ4n) is 4.61. The minimum atomic E-state index is -0.189. The zero-order chi connectivity index (χ0) is 18.8. The first kappa shape index (κ1) is 17.7. The highest BCUT2D eigenvalue weighted by molar-refractivity contribution is 6.05. The van der Waals surface area contributed by atoms with Crippen LogP contribution in [0.1, 0.15) is 48.0 Å². The Morgan fingerprint density at radius 1 is 1.07 bits per heavy atom. The molecule has 5 heteroatoms. The largest absolute Gasteiger partial charge is 0.326 e. The topological polar surface area (TPSA) is 71.1 Å². The predicted octanol–water partition coefficient (Wildman–Crippen LogP) is 4.41. The maximum absolute atomic E-state index is 12.5. The van der Waals surface area contributed by atoms with E-state index in [4.69, 9.17) is 0 Å². The molecule has 0 unspecified atom stereocenters. The minimum Gasteiger partial charge on any atom is -0.326 e. The molecule has 1 aromatic carbocycles. The zero-order valence-electron chi connectivity index (χ0n) is 15.6. The number of aryl methyl sites for hydroxylation is 1. The van der Waals surface area contributed by atoms with Crippen molar-refractivity contribution in [1.82, 2.24) is 4.98 Å². The van der Waals surface area contributed by atoms with Crippen LogP contribution in [0.5, 0.6) is 0 Å². The molecule has 1 aromatic heterocycles. The van der Waals surface area contributed by atoms with Gasteiger partial charge in [0.05, 0.1) is 0 Å². The third kappa shape index (κ3) is 4.02. The van der Waals surface area contributed by atoms with Crippen LogP contribution >= 0.6 is 0 Å². The second kappa shape index (κ2) is 7.51. The Hall–Kier alpha value is -2.69. The van der Waals surface area contributed by atoms with Crippen molar-refractivity contribution in [3.05, 3.63) is 53.9 Å². The second-order valence-electron chi connectivity index (χ2n) is 7.91. The van der Waals surface area contributed by atoms with Crippen LogP contribution in [0.2, 0.25) is 0 Å². The summed E-state index contributed by atoms with van der Waals surface area (Å²) in [6.07, 6.45) is 8.95. The molecule has 0 saturated heterocycles. The first-order valence-corrected chi connectivity index (χ1v) is 9.70. The average molecular weight is 363 g/mol. The van der Waals surface area contributed by atoms with Gasteiger partial charge in [0.2, 0.25) is 5.91 Å². The molecule has 0 radical (unpaired) electrons. The van der Waals surface area contributed by atoms with Gasteiger partial charge in [0, 0.05) is 35.8 Å². The summed E-state index contributed by atoms with van der Waals surface area (Å²) in [6, 6.07) is 8.97. The number of hydrogen-bond donors (Lipinski definition) is 2. The molecule has 5 nitrogen and oxygen atoms in total. The fourth-order valence-corrected chi connectivity index (χ4v) is 4.61. The normalized spacial score (nSPS) is 23.2. The van der Waals surface area contributed by atoms with Crippen molar-refractivity contribution in [1.29, 1.82) is 0 Å². The van der Waals surface area contributed by atoms with E-state index in [0.29, 0.717) is 23.6 Å². The van der Waals surface area contributed by atoms with Crippen molar-refractivity contribution in [2.24, 2.45) is 17.8 Å². The highest BCUT2D eigenvalue weighted by atomic mass is 16.2. The number of anilines is 2. The van der Waals surface area contributed by atoms with Crippen LogP contribution in [-0.4, -0.2) is 16.8 Å². The number of fused-ring (bicyclic) bond motifs is 2. The average Bonchev–Trinajstić information content (AvgIpc) is 3.28. The highest BCUT2D eigenvalue weighted by Gasteiger charge is 2.40. The number of amides is 2. The lowest BCUT2D eigenvalue weighted by Gasteiger charge is -2.21. The molecular formula is C22H25N3O2. The number of aromatic nitrogens is 1. The number of rotatable bonds is 5. The summed E-state index contributed by atoms with van der Waals surface area (Å²) in [4.78, 5) is 28.8. The molecule has 27 heavy (non-hydrogen) atoms. The van der Waals surface area contributed by atoms with Crippen molar-refractivity contribution >= 4 is 23.2 Å². The van der Waals surface area contributed by atoms with Gasteiger partial charge < -0.3 is 10.6 Å². The van der Waals surface area contributed by atoms with E-state index < -0.39 is 0 Å². The van der Waals surface area contributed by atoms with E-state index >= 15 is 0 Å². The Balaban J connectivity index is 1.39. The van der Waals surface area contributed by atoms with Crippen molar-refractivity contribution in [3.8, 4) is 0 Å². The molecule has 2 N–H and O–H groups in total. The third-order valence-corrected chi connectivity index (χ3v) is 6.04. The standard InChI is InChI=1S/C22H25N3O2/c1-14-2-5-19(13-20(14)25-22(27)16-6-8-23-9-7-16)24-21(26)12-18-11-15-3-4-17(18)10-15/h2,5-9,13,15,17-18H,3-4,10-12H2,1H3,(H,24,26)(H,25,27)/t15-,17-,18-/m0/s1. The summed E-state index contributed by atoms with van der Waals surface area (Å²) < 4.78 is 0. The number of nitrogens with one attached hydrogen (secondary N) is 2. The molecule has 1 heterocycles. The Kier molecular flexibility index (Phi) is 4.92. The van der Waals surface area contributed by atoms with Gasteiger partial charge >= 0.3 is 0 Å². The van der Waals surface area contributed by atoms with Gasteiger partial charge in [-0.15, -0.1) is 0 Å². The molecular weight excluding hydrogens is 338 g/mol. The van der Waals surface area contributed by atoms with Crippen molar-refractivity contribution in [2.75, 3.05) is 10.6 Å². The molecule has 3 atom stereocenters. The molecule has 140 valence electrons. The van der Waals surface area contributed by atoms with Gasteiger partial charge in [0.1, 0.15) is 0 Å². The maximum atomic E-state index is 12.5. The summed E-state index contributed by atoms with van der Waals surface area (Å²) >= 11 is 0. The Morgan fingerprint density at radius 3 is 2.59 bits per heavy atom. The number of hydrogen-bond acceptors (Lipinski definition) is 3. The van der Waals surface area contributed by atoms with Gasteiger partial charge in [-0.25, -0.2) is 0 Å². The van der Waals surface area contributed by atoms with Crippen LogP contribution in [0.4, 0.5) is 11.4 Å². The maximum Gasteiger partial charge on any atom is 0.255 e. The molecule has 4 rings (SSSR count).